The van der Waals surface area contributed by atoms with Crippen LogP contribution in [0.2, 0.25) is 0 Å². The Morgan fingerprint density at radius 2 is 2.38 bits per heavy atom. The van der Waals surface area contributed by atoms with Crippen LogP contribution in [0.15, 0.2) is 0 Å². The van der Waals surface area contributed by atoms with Gasteiger partial charge in [0.25, 0.3) is 8.61 Å². The van der Waals surface area contributed by atoms with Gasteiger partial charge in [0.15, 0.2) is 0 Å². The van der Waals surface area contributed by atoms with E-state index in [0.29, 0.717) is 13.0 Å². The lowest BCUT2D eigenvalue weighted by Crippen LogP contribution is -2.11. The van der Waals surface area contributed by atoms with Crippen molar-refractivity contribution < 1.29 is 9.36 Å². The third kappa shape index (κ3) is 0.869. The van der Waals surface area contributed by atoms with E-state index < -0.39 is 0 Å². The van der Waals surface area contributed by atoms with Crippen LogP contribution in [0.4, 0.5) is 0 Å². The summed E-state index contributed by atoms with van der Waals surface area (Å²) >= 11 is 0. The van der Waals surface area contributed by atoms with Crippen LogP contribution in [0.25, 0.3) is 0 Å². The predicted molar refractivity (Wildman–Crippen MR) is 28.6 cm³/mol. The van der Waals surface area contributed by atoms with Crippen LogP contribution in [0.1, 0.15) is 12.8 Å². The van der Waals surface area contributed by atoms with E-state index in [1.165, 1.54) is 4.67 Å². The highest BCUT2D eigenvalue weighted by atomic mass is 31.1. The predicted octanol–water partition coefficient (Wildman–Crippen LogP) is 0.815. The zero-order valence-corrected chi connectivity index (χ0v) is 5.23. The Morgan fingerprint density at radius 3 is 2.62 bits per heavy atom. The molecule has 0 saturated carbocycles. The molecule has 1 fully saturated rings. The second-order valence-electron chi connectivity index (χ2n) is 1.70. The Labute approximate surface area is 48.9 Å². The first-order chi connectivity index (χ1) is 3.84. The van der Waals surface area contributed by atoms with Crippen molar-refractivity contribution in [2.75, 3.05) is 6.54 Å². The molecule has 0 atom stereocenters. The third-order valence-corrected chi connectivity index (χ3v) is 1.77. The summed E-state index contributed by atoms with van der Waals surface area (Å²) in [5.74, 6) is 0.00154. The van der Waals surface area contributed by atoms with Gasteiger partial charge in [-0.3, -0.25) is 9.46 Å². The maximum Gasteiger partial charge on any atom is 0.284 e. The standard InChI is InChI=1S/C4H6NO2P/c6-4-2-1-3-5(4)8-7/h1-3H2. The van der Waals surface area contributed by atoms with Gasteiger partial charge in [0.1, 0.15) is 0 Å². The molecule has 0 radical (unpaired) electrons. The fourth-order valence-electron chi connectivity index (χ4n) is 0.720. The first kappa shape index (κ1) is 5.70. The van der Waals surface area contributed by atoms with Gasteiger partial charge in [-0.25, -0.2) is 4.57 Å². The molecule has 44 valence electrons. The van der Waals surface area contributed by atoms with Gasteiger partial charge in [0.2, 0.25) is 5.91 Å². The average Bonchev–Trinajstić information content (AvgIpc) is 2.14. The molecule has 1 aliphatic rings. The smallest absolute Gasteiger partial charge is 0.274 e. The molecule has 1 amide bonds. The Balaban J connectivity index is 2.54. The fraction of sp³-hybridized carbons (Fsp3) is 0.750. The van der Waals surface area contributed by atoms with E-state index in [9.17, 15) is 9.36 Å². The highest BCUT2D eigenvalue weighted by molar-refractivity contribution is 7.21. The van der Waals surface area contributed by atoms with Crippen molar-refractivity contribution in [3.63, 3.8) is 0 Å². The molecule has 1 saturated heterocycles. The van der Waals surface area contributed by atoms with E-state index in [1.54, 1.807) is 0 Å². The molecule has 0 unspecified atom stereocenters. The molecule has 4 heteroatoms. The van der Waals surface area contributed by atoms with Crippen molar-refractivity contribution in [1.29, 1.82) is 0 Å². The van der Waals surface area contributed by atoms with Crippen LogP contribution in [0.5, 0.6) is 0 Å². The molecule has 0 aromatic rings. The Bertz CT molecular complexity index is 125. The van der Waals surface area contributed by atoms with Crippen LogP contribution < -0.4 is 0 Å². The number of amides is 1. The third-order valence-electron chi connectivity index (χ3n) is 1.15. The number of carbonyl (C=O) groups is 1. The van der Waals surface area contributed by atoms with E-state index in [2.05, 4.69) is 0 Å². The first-order valence-electron chi connectivity index (χ1n) is 2.48. The van der Waals surface area contributed by atoms with Crippen molar-refractivity contribution in [2.24, 2.45) is 0 Å². The topological polar surface area (TPSA) is 37.4 Å². The summed E-state index contributed by atoms with van der Waals surface area (Å²) in [6, 6.07) is 0. The average molecular weight is 131 g/mol. The quantitative estimate of drug-likeness (QED) is 0.494. The van der Waals surface area contributed by atoms with Crippen molar-refractivity contribution in [3.8, 4) is 0 Å². The Hall–Kier alpha value is -0.430. The van der Waals surface area contributed by atoms with Crippen LogP contribution in [-0.4, -0.2) is 17.1 Å². The van der Waals surface area contributed by atoms with Crippen molar-refractivity contribution in [1.82, 2.24) is 4.67 Å². The number of rotatable bonds is 1. The van der Waals surface area contributed by atoms with Crippen molar-refractivity contribution in [2.45, 2.75) is 12.8 Å². The molecular weight excluding hydrogens is 125 g/mol. The van der Waals surface area contributed by atoms with Gasteiger partial charge in [-0.15, -0.1) is 0 Å². The van der Waals surface area contributed by atoms with Crippen LogP contribution in [-0.2, 0) is 9.36 Å². The van der Waals surface area contributed by atoms with Crippen LogP contribution in [0.3, 0.4) is 0 Å². The van der Waals surface area contributed by atoms with E-state index in [4.69, 9.17) is 0 Å². The molecule has 8 heavy (non-hydrogen) atoms. The van der Waals surface area contributed by atoms with Gasteiger partial charge < -0.3 is 0 Å². The lowest BCUT2D eigenvalue weighted by Gasteiger charge is -1.99. The van der Waals surface area contributed by atoms with Crippen LogP contribution in [0, 0.1) is 0 Å². The molecule has 0 aliphatic carbocycles. The normalized spacial score (nSPS) is 20.5. The van der Waals surface area contributed by atoms with Gasteiger partial charge in [0, 0.05) is 13.0 Å². The molecule has 0 aromatic carbocycles. The van der Waals surface area contributed by atoms with E-state index in [1.807, 2.05) is 0 Å². The number of carbonyl (C=O) groups excluding carboxylic acids is 1. The number of hydrogen-bond donors (Lipinski definition) is 0. The SMILES string of the molecule is O=PN1CCCC1=O. The van der Waals surface area contributed by atoms with Gasteiger partial charge in [-0.2, -0.15) is 0 Å². The molecule has 0 N–H and O–H groups in total. The van der Waals surface area contributed by atoms with Gasteiger partial charge in [0.05, 0.1) is 0 Å². The summed E-state index contributed by atoms with van der Waals surface area (Å²) in [7, 11) is -0.150. The summed E-state index contributed by atoms with van der Waals surface area (Å²) in [4.78, 5) is 10.5. The minimum absolute atomic E-state index is 0.00154. The van der Waals surface area contributed by atoms with Crippen LogP contribution >= 0.6 is 8.61 Å². The molecular formula is C4H6NO2P. The second-order valence-corrected chi connectivity index (χ2v) is 2.35. The van der Waals surface area contributed by atoms with Gasteiger partial charge in [-0.05, 0) is 6.42 Å². The van der Waals surface area contributed by atoms with Gasteiger partial charge >= 0.3 is 0 Å². The first-order valence-corrected chi connectivity index (χ1v) is 3.25. The van der Waals surface area contributed by atoms with E-state index >= 15 is 0 Å². The second kappa shape index (κ2) is 2.23. The molecule has 0 spiro atoms. The maximum atomic E-state index is 10.5. The van der Waals surface area contributed by atoms with E-state index in [-0.39, 0.29) is 14.5 Å². The van der Waals surface area contributed by atoms with Crippen molar-refractivity contribution in [3.05, 3.63) is 0 Å². The molecule has 1 rings (SSSR count). The Kier molecular flexibility index (Phi) is 1.59. The highest BCUT2D eigenvalue weighted by Crippen LogP contribution is 2.16. The maximum absolute atomic E-state index is 10.5. The molecule has 3 nitrogen and oxygen atoms in total. The molecule has 1 aliphatic heterocycles. The molecule has 1 heterocycles. The zero-order chi connectivity index (χ0) is 5.98. The molecule has 0 aromatic heterocycles. The number of nitrogens with zero attached hydrogens (tertiary/aromatic N) is 1. The van der Waals surface area contributed by atoms with Gasteiger partial charge in [-0.1, -0.05) is 0 Å². The lowest BCUT2D eigenvalue weighted by atomic mass is 10.4. The summed E-state index contributed by atoms with van der Waals surface area (Å²) in [5.41, 5.74) is 0. The minimum Gasteiger partial charge on any atom is -0.274 e. The zero-order valence-electron chi connectivity index (χ0n) is 4.33. The molecule has 0 bridgehead atoms. The Morgan fingerprint density at radius 1 is 1.62 bits per heavy atom. The van der Waals surface area contributed by atoms with E-state index in [0.717, 1.165) is 6.42 Å². The van der Waals surface area contributed by atoms with Crippen molar-refractivity contribution >= 4 is 14.5 Å². The minimum atomic E-state index is -0.150. The largest absolute Gasteiger partial charge is 0.284 e. The summed E-state index contributed by atoms with van der Waals surface area (Å²) in [5, 5.41) is 0. The lowest BCUT2D eigenvalue weighted by molar-refractivity contribution is -0.123. The number of hydrogen-bond acceptors (Lipinski definition) is 2. The monoisotopic (exact) mass is 131 g/mol. The summed E-state index contributed by atoms with van der Waals surface area (Å²) < 4.78 is 11.3. The highest BCUT2D eigenvalue weighted by Gasteiger charge is 2.19. The summed E-state index contributed by atoms with van der Waals surface area (Å²) in [6.07, 6.45) is 1.42. The summed E-state index contributed by atoms with van der Waals surface area (Å²) in [6.45, 7) is 0.657. The fourth-order valence-corrected chi connectivity index (χ4v) is 1.13.